The predicted molar refractivity (Wildman–Crippen MR) is 95.6 cm³/mol. The Morgan fingerprint density at radius 3 is 2.71 bits per heavy atom. The quantitative estimate of drug-likeness (QED) is 0.715. The van der Waals surface area contributed by atoms with E-state index >= 15 is 0 Å². The van der Waals surface area contributed by atoms with Crippen LogP contribution in [0.2, 0.25) is 0 Å². The SMILES string of the molecule is O=C(Nc1nn(CC2=CC=C(C(F)(F)F)CC2)c2ccccc12)c1cnco1. The maximum atomic E-state index is 12.8. The highest BCUT2D eigenvalue weighted by Crippen LogP contribution is 2.33. The molecule has 0 fully saturated rings. The number of fused-ring (bicyclic) bond motifs is 1. The minimum Gasteiger partial charge on any atom is -0.438 e. The molecule has 0 atom stereocenters. The van der Waals surface area contributed by atoms with Gasteiger partial charge >= 0.3 is 6.18 Å². The first-order valence-corrected chi connectivity index (χ1v) is 8.53. The summed E-state index contributed by atoms with van der Waals surface area (Å²) in [7, 11) is 0. The van der Waals surface area contributed by atoms with E-state index in [0.717, 1.165) is 28.9 Å². The Hall–Kier alpha value is -3.36. The zero-order valence-electron chi connectivity index (χ0n) is 14.5. The van der Waals surface area contributed by atoms with Crippen molar-refractivity contribution in [2.24, 2.45) is 0 Å². The van der Waals surface area contributed by atoms with Crippen molar-refractivity contribution < 1.29 is 22.4 Å². The Morgan fingerprint density at radius 1 is 1.21 bits per heavy atom. The molecule has 0 aliphatic heterocycles. The number of nitrogens with zero attached hydrogens (tertiary/aromatic N) is 3. The number of para-hydroxylation sites is 1. The van der Waals surface area contributed by atoms with E-state index in [1.807, 2.05) is 24.3 Å². The Kier molecular flexibility index (Phi) is 4.50. The molecule has 0 radical (unpaired) electrons. The lowest BCUT2D eigenvalue weighted by Gasteiger charge is -2.17. The number of halogens is 3. The summed E-state index contributed by atoms with van der Waals surface area (Å²) in [5, 5.41) is 7.85. The molecule has 0 saturated carbocycles. The molecule has 0 spiro atoms. The van der Waals surface area contributed by atoms with Crippen LogP contribution in [-0.2, 0) is 6.54 Å². The largest absolute Gasteiger partial charge is 0.438 e. The summed E-state index contributed by atoms with van der Waals surface area (Å²) < 4.78 is 45.0. The van der Waals surface area contributed by atoms with Crippen LogP contribution in [0, 0.1) is 0 Å². The van der Waals surface area contributed by atoms with Gasteiger partial charge in [-0.3, -0.25) is 9.48 Å². The molecule has 4 rings (SSSR count). The van der Waals surface area contributed by atoms with Gasteiger partial charge < -0.3 is 9.73 Å². The number of nitrogens with one attached hydrogen (secondary N) is 1. The molecule has 9 heteroatoms. The van der Waals surface area contributed by atoms with Crippen molar-refractivity contribution in [2.45, 2.75) is 25.6 Å². The van der Waals surface area contributed by atoms with Gasteiger partial charge in [-0.1, -0.05) is 24.3 Å². The second-order valence-corrected chi connectivity index (χ2v) is 6.36. The number of oxazole rings is 1. The minimum atomic E-state index is -4.29. The number of amides is 1. The summed E-state index contributed by atoms with van der Waals surface area (Å²) in [6.07, 6.45) is 1.03. The molecule has 144 valence electrons. The molecule has 28 heavy (non-hydrogen) atoms. The third kappa shape index (κ3) is 3.55. The molecule has 2 heterocycles. The van der Waals surface area contributed by atoms with Gasteiger partial charge in [0.1, 0.15) is 0 Å². The molecule has 1 N–H and O–H groups in total. The number of benzene rings is 1. The predicted octanol–water partition coefficient (Wildman–Crippen LogP) is 4.49. The molecule has 1 aromatic carbocycles. The van der Waals surface area contributed by atoms with Crippen LogP contribution in [-0.4, -0.2) is 26.8 Å². The highest BCUT2D eigenvalue weighted by atomic mass is 19.4. The van der Waals surface area contributed by atoms with Crippen molar-refractivity contribution in [3.63, 3.8) is 0 Å². The van der Waals surface area contributed by atoms with Crippen molar-refractivity contribution in [1.29, 1.82) is 0 Å². The molecule has 0 saturated heterocycles. The molecule has 1 aliphatic carbocycles. The van der Waals surface area contributed by atoms with E-state index in [1.54, 1.807) is 4.68 Å². The third-order valence-corrected chi connectivity index (χ3v) is 4.50. The highest BCUT2D eigenvalue weighted by molar-refractivity contribution is 6.06. The van der Waals surface area contributed by atoms with E-state index in [0.29, 0.717) is 18.8 Å². The maximum Gasteiger partial charge on any atom is 0.412 e. The number of anilines is 1. The maximum absolute atomic E-state index is 12.8. The van der Waals surface area contributed by atoms with Gasteiger partial charge in [-0.05, 0) is 30.5 Å². The van der Waals surface area contributed by atoms with Crippen LogP contribution in [0.15, 0.2) is 64.6 Å². The van der Waals surface area contributed by atoms with E-state index in [2.05, 4.69) is 15.4 Å². The Bertz CT molecular complexity index is 1080. The van der Waals surface area contributed by atoms with E-state index in [4.69, 9.17) is 4.42 Å². The van der Waals surface area contributed by atoms with Gasteiger partial charge in [-0.2, -0.15) is 18.3 Å². The van der Waals surface area contributed by atoms with E-state index in [9.17, 15) is 18.0 Å². The standard InChI is InChI=1S/C19H15F3N4O2/c20-19(21,22)13-7-5-12(6-8-13)10-26-15-4-2-1-3-14(15)17(25-26)24-18(27)16-9-23-11-28-16/h1-5,7,9,11H,6,8,10H2,(H,24,25,27). The summed E-state index contributed by atoms with van der Waals surface area (Å²) in [5.74, 6) is -0.0825. The number of carbonyl (C=O) groups excluding carboxylic acids is 1. The zero-order chi connectivity index (χ0) is 19.7. The fourth-order valence-electron chi connectivity index (χ4n) is 3.08. The second-order valence-electron chi connectivity index (χ2n) is 6.36. The van der Waals surface area contributed by atoms with Crippen molar-refractivity contribution in [2.75, 3.05) is 5.32 Å². The van der Waals surface area contributed by atoms with Crippen molar-refractivity contribution >= 4 is 22.6 Å². The fourth-order valence-corrected chi connectivity index (χ4v) is 3.08. The van der Waals surface area contributed by atoms with Gasteiger partial charge in [0.05, 0.1) is 18.3 Å². The molecule has 6 nitrogen and oxygen atoms in total. The van der Waals surface area contributed by atoms with Crippen LogP contribution in [0.25, 0.3) is 10.9 Å². The van der Waals surface area contributed by atoms with Crippen molar-refractivity contribution in [3.05, 3.63) is 65.9 Å². The number of allylic oxidation sites excluding steroid dienone is 4. The third-order valence-electron chi connectivity index (χ3n) is 4.50. The second kappa shape index (κ2) is 6.99. The number of hydrogen-bond donors (Lipinski definition) is 1. The van der Waals surface area contributed by atoms with Gasteiger partial charge in [0.25, 0.3) is 5.91 Å². The van der Waals surface area contributed by atoms with Crippen LogP contribution >= 0.6 is 0 Å². The topological polar surface area (TPSA) is 73.0 Å². The first-order valence-electron chi connectivity index (χ1n) is 8.53. The van der Waals surface area contributed by atoms with Gasteiger partial charge in [0, 0.05) is 11.0 Å². The normalized spacial score (nSPS) is 14.7. The monoisotopic (exact) mass is 388 g/mol. The van der Waals surface area contributed by atoms with E-state index in [-0.39, 0.29) is 12.2 Å². The number of carbonyl (C=O) groups is 1. The van der Waals surface area contributed by atoms with Crippen LogP contribution in [0.5, 0.6) is 0 Å². The molecule has 0 bridgehead atoms. The lowest BCUT2D eigenvalue weighted by Crippen LogP contribution is -2.15. The lowest BCUT2D eigenvalue weighted by molar-refractivity contribution is -0.0941. The van der Waals surface area contributed by atoms with E-state index in [1.165, 1.54) is 12.3 Å². The van der Waals surface area contributed by atoms with Gasteiger partial charge in [-0.25, -0.2) is 4.98 Å². The summed E-state index contributed by atoms with van der Waals surface area (Å²) in [5.41, 5.74) is 1.07. The molecule has 1 aliphatic rings. The average molecular weight is 388 g/mol. The van der Waals surface area contributed by atoms with Gasteiger partial charge in [0.15, 0.2) is 12.2 Å². The van der Waals surface area contributed by atoms with Crippen LogP contribution in [0.1, 0.15) is 23.4 Å². The summed E-state index contributed by atoms with van der Waals surface area (Å²) in [6, 6.07) is 7.30. The van der Waals surface area contributed by atoms with E-state index < -0.39 is 17.7 Å². The Labute approximate surface area is 157 Å². The molecule has 2 aromatic heterocycles. The molecular weight excluding hydrogens is 373 g/mol. The number of alkyl halides is 3. The number of aromatic nitrogens is 3. The smallest absolute Gasteiger partial charge is 0.412 e. The van der Waals surface area contributed by atoms with Crippen molar-refractivity contribution in [1.82, 2.24) is 14.8 Å². The van der Waals surface area contributed by atoms with Crippen LogP contribution in [0.4, 0.5) is 19.0 Å². The van der Waals surface area contributed by atoms with Gasteiger partial charge in [-0.15, -0.1) is 0 Å². The Balaban J connectivity index is 1.61. The fraction of sp³-hybridized carbons (Fsp3) is 0.211. The number of rotatable bonds is 4. The minimum absolute atomic E-state index is 0.0520. The summed E-state index contributed by atoms with van der Waals surface area (Å²) >= 11 is 0. The first kappa shape index (κ1) is 18.0. The molecule has 3 aromatic rings. The Morgan fingerprint density at radius 2 is 2.04 bits per heavy atom. The molecule has 0 unspecified atom stereocenters. The molecule has 1 amide bonds. The van der Waals surface area contributed by atoms with Crippen LogP contribution in [0.3, 0.4) is 0 Å². The highest BCUT2D eigenvalue weighted by Gasteiger charge is 2.33. The summed E-state index contributed by atoms with van der Waals surface area (Å²) in [4.78, 5) is 15.9. The molecular formula is C19H15F3N4O2. The summed E-state index contributed by atoms with van der Waals surface area (Å²) in [6.45, 7) is 0.334. The van der Waals surface area contributed by atoms with Crippen LogP contribution < -0.4 is 5.32 Å². The van der Waals surface area contributed by atoms with Crippen molar-refractivity contribution in [3.8, 4) is 0 Å². The number of hydrogen-bond acceptors (Lipinski definition) is 4. The van der Waals surface area contributed by atoms with Gasteiger partial charge in [0.2, 0.25) is 5.76 Å². The lowest BCUT2D eigenvalue weighted by atomic mass is 9.98. The first-order chi connectivity index (χ1) is 13.4. The average Bonchev–Trinajstić information content (AvgIpc) is 3.31. The zero-order valence-corrected chi connectivity index (χ0v) is 14.5.